The average molecular weight is 395 g/mol. The van der Waals surface area contributed by atoms with Gasteiger partial charge in [0.1, 0.15) is 6.04 Å². The number of carbonyl (C=O) groups excluding carboxylic acids is 1. The van der Waals surface area contributed by atoms with Gasteiger partial charge in [-0.05, 0) is 25.7 Å². The first-order valence-corrected chi connectivity index (χ1v) is 10.8. The first kappa shape index (κ1) is 29.1. The number of unbranched alkanes of at least 4 members (excludes halogenated alkanes) is 12. The molecule has 0 aromatic heterocycles. The predicted molar refractivity (Wildman–Crippen MR) is 109 cm³/mol. The summed E-state index contributed by atoms with van der Waals surface area (Å²) in [7, 11) is 0. The Balaban J connectivity index is -0.00000312. The van der Waals surface area contributed by atoms with Crippen molar-refractivity contribution in [3.8, 4) is 0 Å². The Labute approximate surface area is 190 Å². The molecule has 5 nitrogen and oxygen atoms in total. The van der Waals surface area contributed by atoms with E-state index in [1.807, 2.05) is 0 Å². The van der Waals surface area contributed by atoms with Gasteiger partial charge < -0.3 is 17.6 Å². The zero-order valence-electron chi connectivity index (χ0n) is 18.9. The van der Waals surface area contributed by atoms with E-state index in [0.29, 0.717) is 19.4 Å². The number of nitrogens with two attached hydrogens (primary N) is 1. The first-order chi connectivity index (χ1) is 12.6. The molecule has 0 fully saturated rings. The van der Waals surface area contributed by atoms with Gasteiger partial charge in [-0.15, -0.1) is 0 Å². The molecule has 27 heavy (non-hydrogen) atoms. The summed E-state index contributed by atoms with van der Waals surface area (Å²) in [6, 6.07) is -0.785. The van der Waals surface area contributed by atoms with Crippen LogP contribution in [0, 0.1) is 0 Å². The van der Waals surface area contributed by atoms with Crippen molar-refractivity contribution in [1.29, 1.82) is 0 Å². The third kappa shape index (κ3) is 22.1. The number of carboxylic acid groups (broad SMARTS) is 1. The Morgan fingerprint density at radius 1 is 0.852 bits per heavy atom. The van der Waals surface area contributed by atoms with Gasteiger partial charge in [-0.25, -0.2) is 0 Å². The Kier molecular flexibility index (Phi) is 23.9. The van der Waals surface area contributed by atoms with Gasteiger partial charge in [0.15, 0.2) is 0 Å². The monoisotopic (exact) mass is 394 g/mol. The van der Waals surface area contributed by atoms with Crippen LogP contribution >= 0.6 is 0 Å². The molecule has 1 atom stereocenters. The van der Waals surface area contributed by atoms with E-state index >= 15 is 0 Å². The quantitative estimate of drug-likeness (QED) is 0.230. The molecule has 0 unspecified atom stereocenters. The molecule has 156 valence electrons. The fraction of sp³-hybridized carbons (Fsp3) is 0.905. The van der Waals surface area contributed by atoms with Crippen LogP contribution in [-0.2, 0) is 9.59 Å². The van der Waals surface area contributed by atoms with E-state index in [9.17, 15) is 9.59 Å². The molecule has 0 aromatic carbocycles. The number of hydrogen-bond donors (Lipinski definition) is 3. The van der Waals surface area contributed by atoms with Crippen LogP contribution in [0.1, 0.15) is 111 Å². The van der Waals surface area contributed by atoms with E-state index in [0.717, 1.165) is 25.7 Å². The van der Waals surface area contributed by atoms with Crippen molar-refractivity contribution >= 4 is 11.9 Å². The summed E-state index contributed by atoms with van der Waals surface area (Å²) in [5.74, 6) is -0.847. The maximum absolute atomic E-state index is 11.7. The molecule has 0 saturated heterocycles. The predicted octanol–water partition coefficient (Wildman–Crippen LogP) is 1.89. The number of carbonyl (C=O) groups is 2. The molecular weight excluding hydrogens is 351 g/mol. The van der Waals surface area contributed by atoms with Crippen molar-refractivity contribution in [2.45, 2.75) is 116 Å². The van der Waals surface area contributed by atoms with Crippen LogP contribution in [0.25, 0.3) is 0 Å². The maximum Gasteiger partial charge on any atom is 1.00 e. The average Bonchev–Trinajstić information content (AvgIpc) is 2.62. The van der Waals surface area contributed by atoms with Crippen LogP contribution in [-0.4, -0.2) is 29.6 Å². The van der Waals surface area contributed by atoms with Crippen molar-refractivity contribution in [2.75, 3.05) is 6.54 Å². The van der Waals surface area contributed by atoms with Crippen molar-refractivity contribution in [1.82, 2.24) is 5.32 Å². The minimum absolute atomic E-state index is 0. The number of hydrogen-bond acceptors (Lipinski definition) is 3. The van der Waals surface area contributed by atoms with Crippen molar-refractivity contribution in [3.63, 3.8) is 0 Å². The Morgan fingerprint density at radius 2 is 1.33 bits per heavy atom. The first-order valence-electron chi connectivity index (χ1n) is 10.8. The molecule has 0 spiro atoms. The molecule has 4 N–H and O–H groups in total. The summed E-state index contributed by atoms with van der Waals surface area (Å²) in [6.45, 7) is 2.87. The van der Waals surface area contributed by atoms with E-state index in [1.165, 1.54) is 64.2 Å². The van der Waals surface area contributed by atoms with Crippen LogP contribution in [0.2, 0.25) is 0 Å². The molecule has 0 aliphatic heterocycles. The number of rotatable bonds is 19. The molecule has 1 amide bonds. The van der Waals surface area contributed by atoms with Crippen LogP contribution in [0.4, 0.5) is 0 Å². The summed E-state index contributed by atoms with van der Waals surface area (Å²) in [5.41, 5.74) is 5.43. The van der Waals surface area contributed by atoms with Gasteiger partial charge in [-0.1, -0.05) is 77.6 Å². The standard InChI is InChI=1S/C21H42N2O3.Na.H/c1-2-3-4-5-6-7-8-9-10-11-12-13-17-20(24)23-18-15-14-16-19(22)21(25)26;;/h19H,2-18,22H2,1H3,(H,23,24)(H,25,26);;/q;+1;-1/t19-;;/m0../s1. The molecule has 0 aromatic rings. The number of aliphatic carboxylic acids is 1. The third-order valence-electron chi connectivity index (χ3n) is 4.84. The molecular formula is C21H43N2NaO3. The van der Waals surface area contributed by atoms with Crippen LogP contribution in [0.5, 0.6) is 0 Å². The third-order valence-corrected chi connectivity index (χ3v) is 4.84. The zero-order valence-corrected chi connectivity index (χ0v) is 19.9. The normalized spacial score (nSPS) is 11.6. The largest absolute Gasteiger partial charge is 1.00 e. The van der Waals surface area contributed by atoms with E-state index in [1.54, 1.807) is 0 Å². The fourth-order valence-corrected chi connectivity index (χ4v) is 3.06. The number of nitrogens with one attached hydrogen (secondary N) is 1. The second-order valence-corrected chi connectivity index (χ2v) is 7.43. The zero-order chi connectivity index (χ0) is 19.5. The maximum atomic E-state index is 11.7. The Bertz CT molecular complexity index is 361. The summed E-state index contributed by atoms with van der Waals surface area (Å²) < 4.78 is 0. The number of amides is 1. The van der Waals surface area contributed by atoms with Crippen LogP contribution < -0.4 is 40.6 Å². The van der Waals surface area contributed by atoms with E-state index in [4.69, 9.17) is 10.8 Å². The SMILES string of the molecule is CCCCCCCCCCCCCCC(=O)NCCCC[C@H](N)C(=O)O.[H-].[Na+]. The summed E-state index contributed by atoms with van der Waals surface area (Å²) >= 11 is 0. The van der Waals surface area contributed by atoms with Gasteiger partial charge >= 0.3 is 35.5 Å². The topological polar surface area (TPSA) is 92.4 Å². The smallest absolute Gasteiger partial charge is 1.00 e. The molecule has 6 heteroatoms. The van der Waals surface area contributed by atoms with Gasteiger partial charge in [0.25, 0.3) is 0 Å². The Hall–Kier alpha value is -0.100. The molecule has 0 aliphatic carbocycles. The van der Waals surface area contributed by atoms with Gasteiger partial charge in [0.05, 0.1) is 0 Å². The molecule has 0 heterocycles. The van der Waals surface area contributed by atoms with Gasteiger partial charge in [0.2, 0.25) is 5.91 Å². The minimum Gasteiger partial charge on any atom is -1.00 e. The van der Waals surface area contributed by atoms with Crippen molar-refractivity contribution < 1.29 is 45.7 Å². The molecule has 0 aliphatic rings. The van der Waals surface area contributed by atoms with E-state index in [2.05, 4.69) is 12.2 Å². The minimum atomic E-state index is -0.957. The summed E-state index contributed by atoms with van der Waals surface area (Å²) in [6.07, 6.45) is 18.2. The number of carboxylic acids is 1. The second-order valence-electron chi connectivity index (χ2n) is 7.43. The van der Waals surface area contributed by atoms with Gasteiger partial charge in [-0.2, -0.15) is 0 Å². The fourth-order valence-electron chi connectivity index (χ4n) is 3.06. The van der Waals surface area contributed by atoms with Gasteiger partial charge in [0, 0.05) is 13.0 Å². The van der Waals surface area contributed by atoms with Crippen molar-refractivity contribution in [2.24, 2.45) is 5.73 Å². The van der Waals surface area contributed by atoms with Crippen molar-refractivity contribution in [3.05, 3.63) is 0 Å². The summed E-state index contributed by atoms with van der Waals surface area (Å²) in [4.78, 5) is 22.3. The van der Waals surface area contributed by atoms with Crippen LogP contribution in [0.15, 0.2) is 0 Å². The molecule has 0 saturated carbocycles. The van der Waals surface area contributed by atoms with E-state index < -0.39 is 12.0 Å². The second kappa shape index (κ2) is 22.2. The Morgan fingerprint density at radius 3 is 1.81 bits per heavy atom. The van der Waals surface area contributed by atoms with E-state index in [-0.39, 0.29) is 36.9 Å². The molecule has 0 bridgehead atoms. The summed E-state index contributed by atoms with van der Waals surface area (Å²) in [5, 5.41) is 11.6. The molecule has 0 radical (unpaired) electrons. The molecule has 0 rings (SSSR count). The van der Waals surface area contributed by atoms with Gasteiger partial charge in [-0.3, -0.25) is 9.59 Å². The van der Waals surface area contributed by atoms with Crippen LogP contribution in [0.3, 0.4) is 0 Å².